The fraction of sp³-hybridized carbons (Fsp3) is 0.722. The Balaban J connectivity index is 1.91. The van der Waals surface area contributed by atoms with Crippen LogP contribution in [-0.2, 0) is 38.1 Å². The molecule has 75 heavy (non-hydrogen) atoms. The zero-order valence-electron chi connectivity index (χ0n) is 44.4. The van der Waals surface area contributed by atoms with Crippen LogP contribution in [0.1, 0.15) is 113 Å². The van der Waals surface area contributed by atoms with Crippen molar-refractivity contribution in [3.8, 4) is 0 Å². The summed E-state index contributed by atoms with van der Waals surface area (Å²) in [6.45, 7) is 11.9. The SMILES string of the molecule is C[C@@H]1[C@H](O)[C@@H](C)/C=C/C=C/CC/C=C/C=C/C=C/C=C/[C@H](O[C@@H]2O[C@H](C)[C@@H](O)[C@H](NC(=O)[C@H](N)COC(C)(C)C)[C@@H]2O)C[C@@H]2O[C@](O)(C[C@@H](O)[C@H](O)CC[C@@H](O)C[C@@H](O)C[C@@H](O)CC(=O)O[C@H]1C)C[C@H](O)[C@H]2C(=O)O. The number of ether oxygens (including phenoxy) is 5. The maximum atomic E-state index is 13.1. The zero-order chi connectivity index (χ0) is 56.2. The number of nitrogens with one attached hydrogen (secondary N) is 1. The number of esters is 1. The second kappa shape index (κ2) is 31.6. The van der Waals surface area contributed by atoms with Gasteiger partial charge in [0.1, 0.15) is 30.3 Å². The van der Waals surface area contributed by atoms with Gasteiger partial charge in [0.05, 0.1) is 85.7 Å². The van der Waals surface area contributed by atoms with Crippen molar-refractivity contribution in [2.75, 3.05) is 6.61 Å². The molecule has 20 atom stereocenters. The highest BCUT2D eigenvalue weighted by molar-refractivity contribution is 5.82. The number of rotatable bonds is 7. The Bertz CT molecular complexity index is 1920. The Morgan fingerprint density at radius 2 is 1.33 bits per heavy atom. The fourth-order valence-corrected chi connectivity index (χ4v) is 8.94. The Morgan fingerprint density at radius 1 is 0.747 bits per heavy atom. The number of cyclic esters (lactones) is 1. The van der Waals surface area contributed by atoms with Crippen molar-refractivity contribution in [1.29, 1.82) is 0 Å². The number of aliphatic hydroxyl groups excluding tert-OH is 9. The van der Waals surface area contributed by atoms with E-state index in [4.69, 9.17) is 29.4 Å². The van der Waals surface area contributed by atoms with Crippen LogP contribution in [0.2, 0.25) is 0 Å². The number of allylic oxidation sites excluding steroid dienone is 10. The zero-order valence-corrected chi connectivity index (χ0v) is 44.4. The number of aliphatic carboxylic acids is 1. The van der Waals surface area contributed by atoms with Crippen molar-refractivity contribution in [2.24, 2.45) is 23.5 Å². The average Bonchev–Trinajstić information content (AvgIpc) is 3.30. The van der Waals surface area contributed by atoms with E-state index in [1.165, 1.54) is 13.0 Å². The number of nitrogens with two attached hydrogens (primary N) is 1. The number of amides is 1. The third-order valence-corrected chi connectivity index (χ3v) is 13.5. The van der Waals surface area contributed by atoms with E-state index in [0.717, 1.165) is 12.8 Å². The number of carboxylic acids is 1. The van der Waals surface area contributed by atoms with Crippen molar-refractivity contribution >= 4 is 17.8 Å². The maximum Gasteiger partial charge on any atom is 0.311 e. The van der Waals surface area contributed by atoms with E-state index < -0.39 is 164 Å². The number of hydrogen-bond acceptors (Lipinski definition) is 19. The summed E-state index contributed by atoms with van der Waals surface area (Å²) in [7, 11) is 0. The lowest BCUT2D eigenvalue weighted by atomic mass is 9.82. The van der Waals surface area contributed by atoms with Crippen molar-refractivity contribution in [3.05, 3.63) is 72.9 Å². The molecule has 21 nitrogen and oxygen atoms in total. The van der Waals surface area contributed by atoms with E-state index in [1.807, 2.05) is 43.4 Å². The number of carbonyl (C=O) groups excluding carboxylic acids is 2. The first-order valence-electron chi connectivity index (χ1n) is 26.1. The third-order valence-electron chi connectivity index (χ3n) is 13.5. The number of fused-ring (bicyclic) bond motifs is 2. The lowest BCUT2D eigenvalue weighted by Crippen LogP contribution is -2.65. The van der Waals surface area contributed by atoms with Crippen molar-refractivity contribution < 1.29 is 94.2 Å². The number of aliphatic hydroxyl groups is 10. The van der Waals surface area contributed by atoms with Crippen LogP contribution in [-0.4, -0.2) is 190 Å². The average molecular weight is 1070 g/mol. The molecule has 0 aliphatic carbocycles. The van der Waals surface area contributed by atoms with Crippen LogP contribution in [0.5, 0.6) is 0 Å². The van der Waals surface area contributed by atoms with Crippen molar-refractivity contribution in [3.63, 3.8) is 0 Å². The van der Waals surface area contributed by atoms with Gasteiger partial charge in [-0.15, -0.1) is 0 Å². The van der Waals surface area contributed by atoms with Gasteiger partial charge in [0, 0.05) is 31.1 Å². The third kappa shape index (κ3) is 23.0. The minimum atomic E-state index is -2.42. The topological polar surface area (TPSA) is 358 Å². The first-order valence-corrected chi connectivity index (χ1v) is 26.1. The van der Waals surface area contributed by atoms with E-state index >= 15 is 0 Å². The number of carboxylic acid groups (broad SMARTS) is 1. The molecule has 3 aliphatic rings. The molecule has 3 aliphatic heterocycles. The molecule has 0 spiro atoms. The standard InChI is InChI=1S/C54H88N2O19/c1-31-20-18-16-14-12-10-8-9-11-13-15-17-19-21-38(74-52-49(66)46(48(65)34(4)73-52)56-50(67)39(55)30-71-53(5,6)7)27-43-45(51(68)69)42(62)29-54(70,75-43)28-41(61)40(60)23-22-35(57)24-36(58)25-37(59)26-44(63)72-33(3)32(2)47(31)64/h8-9,11,13-21,31-43,45-49,52,57-62,64-66,70H,10,12,22-30,55H2,1-7H3,(H,56,67)(H,68,69)/b9-8+,13-11+,16-14+,17-15+,20-18+,21-19+/t31-,32-,33-,34+,35+,36+,37+,38-,39+,40+,41+,42-,43-,45+,46-,47+,48+,49-,52-,54+/m0/s1. The quantitative estimate of drug-likeness (QED) is 0.160. The predicted octanol–water partition coefficient (Wildman–Crippen LogP) is 1.24. The van der Waals surface area contributed by atoms with Crippen LogP contribution < -0.4 is 11.1 Å². The van der Waals surface area contributed by atoms with Gasteiger partial charge in [-0.2, -0.15) is 0 Å². The first-order chi connectivity index (χ1) is 35.1. The van der Waals surface area contributed by atoms with E-state index in [-0.39, 0.29) is 38.2 Å². The molecular weight excluding hydrogens is 981 g/mol. The highest BCUT2D eigenvalue weighted by Gasteiger charge is 2.51. The van der Waals surface area contributed by atoms with Crippen LogP contribution in [0.4, 0.5) is 0 Å². The molecule has 0 saturated carbocycles. The lowest BCUT2D eigenvalue weighted by molar-refractivity contribution is -0.310. The Kier molecular flexibility index (Phi) is 27.6. The summed E-state index contributed by atoms with van der Waals surface area (Å²) in [6, 6.07) is -2.54. The van der Waals surface area contributed by atoms with Crippen LogP contribution in [0, 0.1) is 17.8 Å². The van der Waals surface area contributed by atoms with Crippen LogP contribution in [0.25, 0.3) is 0 Å². The molecule has 0 aromatic rings. The van der Waals surface area contributed by atoms with Crippen molar-refractivity contribution in [2.45, 2.75) is 222 Å². The van der Waals surface area contributed by atoms with Gasteiger partial charge in [-0.1, -0.05) is 86.8 Å². The van der Waals surface area contributed by atoms with E-state index in [1.54, 1.807) is 65.0 Å². The molecule has 14 N–H and O–H groups in total. The van der Waals surface area contributed by atoms with Gasteiger partial charge >= 0.3 is 11.9 Å². The van der Waals surface area contributed by atoms with E-state index in [0.29, 0.717) is 0 Å². The highest BCUT2D eigenvalue weighted by Crippen LogP contribution is 2.38. The lowest BCUT2D eigenvalue weighted by Gasteiger charge is -2.45. The molecule has 2 fully saturated rings. The highest BCUT2D eigenvalue weighted by atomic mass is 16.7. The maximum absolute atomic E-state index is 13.1. The van der Waals surface area contributed by atoms with Gasteiger partial charge in [0.15, 0.2) is 12.1 Å². The molecule has 0 unspecified atom stereocenters. The van der Waals surface area contributed by atoms with Gasteiger partial charge in [-0.05, 0) is 73.1 Å². The van der Waals surface area contributed by atoms with E-state index in [2.05, 4.69) is 5.32 Å². The minimum Gasteiger partial charge on any atom is -0.481 e. The molecule has 0 aromatic carbocycles. The largest absolute Gasteiger partial charge is 0.481 e. The van der Waals surface area contributed by atoms with Crippen LogP contribution in [0.3, 0.4) is 0 Å². The van der Waals surface area contributed by atoms with Crippen LogP contribution in [0.15, 0.2) is 72.9 Å². The predicted molar refractivity (Wildman–Crippen MR) is 275 cm³/mol. The summed E-state index contributed by atoms with van der Waals surface area (Å²) >= 11 is 0. The Hall–Kier alpha value is -3.75. The Labute approximate surface area is 441 Å². The van der Waals surface area contributed by atoms with Crippen molar-refractivity contribution in [1.82, 2.24) is 5.32 Å². The molecule has 21 heteroatoms. The Morgan fingerprint density at radius 3 is 1.97 bits per heavy atom. The molecule has 2 saturated heterocycles. The van der Waals surface area contributed by atoms with Gasteiger partial charge in [-0.25, -0.2) is 0 Å². The van der Waals surface area contributed by atoms with Gasteiger partial charge in [0.2, 0.25) is 5.91 Å². The monoisotopic (exact) mass is 1070 g/mol. The molecule has 2 bridgehead atoms. The summed E-state index contributed by atoms with van der Waals surface area (Å²) in [6.07, 6.45) is 0.391. The molecule has 0 aromatic heterocycles. The second-order valence-corrected chi connectivity index (χ2v) is 21.3. The summed E-state index contributed by atoms with van der Waals surface area (Å²) in [5.41, 5.74) is 5.46. The summed E-state index contributed by atoms with van der Waals surface area (Å²) in [5.74, 6) is -7.79. The van der Waals surface area contributed by atoms with E-state index in [9.17, 15) is 70.6 Å². The molecule has 428 valence electrons. The molecule has 1 amide bonds. The summed E-state index contributed by atoms with van der Waals surface area (Å²) < 4.78 is 29.2. The molecular formula is C54H88N2O19. The first kappa shape index (κ1) is 65.5. The number of carbonyl (C=O) groups is 3. The normalized spacial score (nSPS) is 41.4. The number of hydrogen-bond donors (Lipinski definition) is 13. The van der Waals surface area contributed by atoms with Gasteiger partial charge < -0.3 is 90.9 Å². The second-order valence-electron chi connectivity index (χ2n) is 21.3. The van der Waals surface area contributed by atoms with Gasteiger partial charge in [0.25, 0.3) is 0 Å². The molecule has 3 rings (SSSR count). The minimum absolute atomic E-state index is 0.166. The molecule has 3 heterocycles. The summed E-state index contributed by atoms with van der Waals surface area (Å²) in [4.78, 5) is 38.5. The summed E-state index contributed by atoms with van der Waals surface area (Å²) in [5, 5.41) is 123. The molecule has 0 radical (unpaired) electrons. The van der Waals surface area contributed by atoms with Crippen LogP contribution >= 0.6 is 0 Å². The van der Waals surface area contributed by atoms with Gasteiger partial charge in [-0.3, -0.25) is 14.4 Å². The fourth-order valence-electron chi connectivity index (χ4n) is 8.94. The smallest absolute Gasteiger partial charge is 0.311 e.